The molecule has 0 fully saturated rings. The molecule has 0 aliphatic carbocycles. The van der Waals surface area contributed by atoms with Crippen LogP contribution in [0.3, 0.4) is 0 Å². The second-order valence-corrected chi connectivity index (χ2v) is 6.49. The summed E-state index contributed by atoms with van der Waals surface area (Å²) < 4.78 is 2.07. The molecule has 2 amide bonds. The van der Waals surface area contributed by atoms with Gasteiger partial charge in [0.05, 0.1) is 16.8 Å². The Morgan fingerprint density at radius 1 is 1.09 bits per heavy atom. The number of amides is 2. The van der Waals surface area contributed by atoms with Crippen molar-refractivity contribution in [1.82, 2.24) is 9.88 Å². The van der Waals surface area contributed by atoms with E-state index in [0.29, 0.717) is 15.2 Å². The number of rotatable bonds is 2. The second-order valence-electron chi connectivity index (χ2n) is 4.72. The molecule has 1 aromatic carbocycles. The molecule has 116 valence electrons. The number of hydrogen-bond acceptors (Lipinski definition) is 5. The molecule has 7 nitrogen and oxygen atoms in total. The van der Waals surface area contributed by atoms with Gasteiger partial charge in [0.2, 0.25) is 0 Å². The lowest BCUT2D eigenvalue weighted by Gasteiger charge is -2.15. The van der Waals surface area contributed by atoms with Crippen molar-refractivity contribution in [2.45, 2.75) is 0 Å². The summed E-state index contributed by atoms with van der Waals surface area (Å²) >= 11 is 6.53. The molecule has 1 aliphatic rings. The van der Waals surface area contributed by atoms with E-state index in [-0.39, 0.29) is 28.2 Å². The number of halogens is 2. The summed E-state index contributed by atoms with van der Waals surface area (Å²) in [6.45, 7) is 0. The third-order valence-electron chi connectivity index (χ3n) is 3.36. The number of aromatic nitrogens is 1. The highest BCUT2D eigenvalue weighted by Gasteiger charge is 2.32. The summed E-state index contributed by atoms with van der Waals surface area (Å²) in [6.07, 6.45) is 0.565. The Hall–Kier alpha value is -2.26. The Morgan fingerprint density at radius 2 is 1.78 bits per heavy atom. The molecule has 3 N–H and O–H groups in total. The maximum absolute atomic E-state index is 12.4. The number of pyridine rings is 1. The Balaban J connectivity index is 2.43. The normalized spacial score (nSPS) is 13.0. The van der Waals surface area contributed by atoms with E-state index in [0.717, 1.165) is 10.6 Å². The number of aldehydes is 1. The molecule has 9 heteroatoms. The minimum atomic E-state index is -0.683. The third kappa shape index (κ3) is 2.32. The van der Waals surface area contributed by atoms with Gasteiger partial charge in [-0.2, -0.15) is 0 Å². The maximum Gasteiger partial charge on any atom is 0.262 e. The van der Waals surface area contributed by atoms with E-state index in [1.807, 2.05) is 0 Å². The first-order valence-electron chi connectivity index (χ1n) is 6.21. The Bertz CT molecular complexity index is 965. The Kier molecular flexibility index (Phi) is 3.69. The van der Waals surface area contributed by atoms with Gasteiger partial charge in [-0.25, -0.2) is 0 Å². The van der Waals surface area contributed by atoms with Crippen LogP contribution in [0.4, 0.5) is 5.82 Å². The van der Waals surface area contributed by atoms with Crippen molar-refractivity contribution in [2.24, 2.45) is 0 Å². The van der Waals surface area contributed by atoms with Gasteiger partial charge in [-0.05, 0) is 28.1 Å². The summed E-state index contributed by atoms with van der Waals surface area (Å²) in [5.41, 5.74) is 5.55. The molecule has 0 spiro atoms. The van der Waals surface area contributed by atoms with Gasteiger partial charge in [-0.15, -0.1) is 0 Å². The number of anilines is 1. The van der Waals surface area contributed by atoms with Crippen LogP contribution in [0.25, 0.3) is 5.69 Å². The van der Waals surface area contributed by atoms with Crippen LogP contribution in [0, 0.1) is 0 Å². The SMILES string of the molecule is Nc1c2c(cc(=O)n1-c1c(Br)cc(Br)cc1C=O)C(=O)NC2=O. The van der Waals surface area contributed by atoms with E-state index in [2.05, 4.69) is 37.2 Å². The van der Waals surface area contributed by atoms with Crippen molar-refractivity contribution in [1.29, 1.82) is 0 Å². The van der Waals surface area contributed by atoms with E-state index in [1.165, 1.54) is 6.07 Å². The van der Waals surface area contributed by atoms with E-state index in [9.17, 15) is 19.2 Å². The van der Waals surface area contributed by atoms with Crippen molar-refractivity contribution in [3.8, 4) is 5.69 Å². The first kappa shape index (κ1) is 15.6. The highest BCUT2D eigenvalue weighted by molar-refractivity contribution is 9.11. The van der Waals surface area contributed by atoms with Crippen LogP contribution in [0.2, 0.25) is 0 Å². The summed E-state index contributed by atoms with van der Waals surface area (Å²) in [7, 11) is 0. The largest absolute Gasteiger partial charge is 0.384 e. The molecular weight excluding hydrogens is 434 g/mol. The van der Waals surface area contributed by atoms with Crippen LogP contribution in [-0.4, -0.2) is 22.7 Å². The zero-order chi connectivity index (χ0) is 16.9. The smallest absolute Gasteiger partial charge is 0.262 e. The lowest BCUT2D eigenvalue weighted by molar-refractivity contribution is 0.0879. The quantitative estimate of drug-likeness (QED) is 0.544. The van der Waals surface area contributed by atoms with Crippen molar-refractivity contribution in [3.05, 3.63) is 54.2 Å². The standard InChI is InChI=1S/C14H7Br2N3O4/c15-6-1-5(4-20)11(8(16)2-6)19-9(21)3-7-10(12(19)17)14(23)18-13(7)22/h1-4H,17H2,(H,18,22,23). The molecule has 1 aromatic heterocycles. The monoisotopic (exact) mass is 439 g/mol. The number of benzene rings is 1. The highest BCUT2D eigenvalue weighted by atomic mass is 79.9. The van der Waals surface area contributed by atoms with Crippen LogP contribution >= 0.6 is 31.9 Å². The van der Waals surface area contributed by atoms with Crippen molar-refractivity contribution in [3.63, 3.8) is 0 Å². The highest BCUT2D eigenvalue weighted by Crippen LogP contribution is 2.31. The van der Waals surface area contributed by atoms with Crippen LogP contribution in [0.15, 0.2) is 31.9 Å². The molecule has 0 radical (unpaired) electrons. The van der Waals surface area contributed by atoms with Crippen molar-refractivity contribution >= 4 is 55.8 Å². The average molecular weight is 441 g/mol. The van der Waals surface area contributed by atoms with E-state index >= 15 is 0 Å². The number of nitrogens with zero attached hydrogens (tertiary/aromatic N) is 1. The molecule has 2 aromatic rings. The molecule has 1 aliphatic heterocycles. The number of hydrogen-bond donors (Lipinski definition) is 2. The summed E-state index contributed by atoms with van der Waals surface area (Å²) in [4.78, 5) is 47.3. The minimum absolute atomic E-state index is 0.0744. The molecule has 0 bridgehead atoms. The predicted octanol–water partition coefficient (Wildman–Crippen LogP) is 1.64. The fourth-order valence-electron chi connectivity index (χ4n) is 2.42. The number of nitrogen functional groups attached to an aromatic ring is 1. The molecule has 0 unspecified atom stereocenters. The third-order valence-corrected chi connectivity index (χ3v) is 4.42. The van der Waals surface area contributed by atoms with Crippen molar-refractivity contribution in [2.75, 3.05) is 5.73 Å². The lowest BCUT2D eigenvalue weighted by Crippen LogP contribution is -2.25. The van der Waals surface area contributed by atoms with Gasteiger partial charge in [0.25, 0.3) is 17.4 Å². The number of imide groups is 1. The van der Waals surface area contributed by atoms with E-state index < -0.39 is 17.4 Å². The second kappa shape index (κ2) is 5.43. The van der Waals surface area contributed by atoms with Crippen LogP contribution in [0.5, 0.6) is 0 Å². The molecule has 3 rings (SSSR count). The van der Waals surface area contributed by atoms with Crippen LogP contribution in [0.1, 0.15) is 31.1 Å². The first-order chi connectivity index (χ1) is 10.8. The van der Waals surface area contributed by atoms with Crippen molar-refractivity contribution < 1.29 is 14.4 Å². The predicted molar refractivity (Wildman–Crippen MR) is 89.0 cm³/mol. The lowest BCUT2D eigenvalue weighted by atomic mass is 10.1. The molecule has 0 atom stereocenters. The maximum atomic E-state index is 12.4. The van der Waals surface area contributed by atoms with Gasteiger partial charge >= 0.3 is 0 Å². The summed E-state index contributed by atoms with van der Waals surface area (Å²) in [6, 6.07) is 4.17. The average Bonchev–Trinajstić information content (AvgIpc) is 2.75. The molecule has 23 heavy (non-hydrogen) atoms. The van der Waals surface area contributed by atoms with E-state index in [4.69, 9.17) is 5.73 Å². The van der Waals surface area contributed by atoms with Gasteiger partial charge in [0, 0.05) is 20.6 Å². The zero-order valence-corrected chi connectivity index (χ0v) is 14.4. The van der Waals surface area contributed by atoms with Gasteiger partial charge in [-0.1, -0.05) is 15.9 Å². The van der Waals surface area contributed by atoms with Gasteiger partial charge in [-0.3, -0.25) is 29.1 Å². The van der Waals surface area contributed by atoms with Gasteiger partial charge in [0.15, 0.2) is 6.29 Å². The van der Waals surface area contributed by atoms with Gasteiger partial charge < -0.3 is 5.73 Å². The Morgan fingerprint density at radius 3 is 2.43 bits per heavy atom. The Labute approximate surface area is 145 Å². The molecular formula is C14H7Br2N3O4. The van der Waals surface area contributed by atoms with E-state index in [1.54, 1.807) is 6.07 Å². The zero-order valence-electron chi connectivity index (χ0n) is 11.2. The summed E-state index contributed by atoms with van der Waals surface area (Å²) in [5.74, 6) is -1.56. The fraction of sp³-hybridized carbons (Fsp3) is 0. The number of nitrogens with two attached hydrogens (primary N) is 1. The molecule has 0 saturated heterocycles. The number of nitrogens with one attached hydrogen (secondary N) is 1. The van der Waals surface area contributed by atoms with Crippen LogP contribution in [-0.2, 0) is 0 Å². The first-order valence-corrected chi connectivity index (χ1v) is 7.79. The van der Waals surface area contributed by atoms with Gasteiger partial charge in [0.1, 0.15) is 5.82 Å². The number of carbonyl (C=O) groups excluding carboxylic acids is 3. The number of fused-ring (bicyclic) bond motifs is 1. The summed E-state index contributed by atoms with van der Waals surface area (Å²) in [5, 5.41) is 2.08. The molecule has 0 saturated carbocycles. The fourth-order valence-corrected chi connectivity index (χ4v) is 3.86. The minimum Gasteiger partial charge on any atom is -0.384 e. The topological polar surface area (TPSA) is 111 Å². The van der Waals surface area contributed by atoms with Crippen LogP contribution < -0.4 is 16.6 Å². The number of carbonyl (C=O) groups is 3. The molecule has 2 heterocycles.